The van der Waals surface area contributed by atoms with E-state index < -0.39 is 0 Å². The molecular formula is C24H26N6. The van der Waals surface area contributed by atoms with Crippen LogP contribution in [-0.2, 0) is 6.54 Å². The van der Waals surface area contributed by atoms with Gasteiger partial charge in [0.05, 0.1) is 12.6 Å². The van der Waals surface area contributed by atoms with Gasteiger partial charge in [-0.15, -0.1) is 0 Å². The molecule has 0 aliphatic rings. The molecule has 6 nitrogen and oxygen atoms in total. The van der Waals surface area contributed by atoms with Crippen molar-refractivity contribution in [3.63, 3.8) is 0 Å². The third kappa shape index (κ3) is 4.66. The average molecular weight is 399 g/mol. The van der Waals surface area contributed by atoms with Gasteiger partial charge in [0.1, 0.15) is 6.33 Å². The molecule has 0 saturated carbocycles. The van der Waals surface area contributed by atoms with E-state index in [1.807, 2.05) is 12.1 Å². The Morgan fingerprint density at radius 2 is 1.90 bits per heavy atom. The molecule has 6 heteroatoms. The van der Waals surface area contributed by atoms with Crippen LogP contribution in [0, 0.1) is 0 Å². The van der Waals surface area contributed by atoms with Crippen molar-refractivity contribution in [2.45, 2.75) is 26.4 Å². The number of hydrogen-bond donors (Lipinski definition) is 3. The molecule has 0 amide bonds. The zero-order valence-corrected chi connectivity index (χ0v) is 17.3. The summed E-state index contributed by atoms with van der Waals surface area (Å²) >= 11 is 0. The normalized spacial score (nSPS) is 12.7. The highest BCUT2D eigenvalue weighted by Gasteiger charge is 2.09. The number of aromatic amines is 1. The van der Waals surface area contributed by atoms with E-state index >= 15 is 0 Å². The summed E-state index contributed by atoms with van der Waals surface area (Å²) in [5, 5.41) is 16.2. The van der Waals surface area contributed by atoms with E-state index in [9.17, 15) is 0 Å². The quantitative estimate of drug-likeness (QED) is 0.331. The predicted octanol–water partition coefficient (Wildman–Crippen LogP) is 4.44. The number of H-pyrrole nitrogens is 1. The lowest BCUT2D eigenvalue weighted by molar-refractivity contribution is 0.687. The lowest BCUT2D eigenvalue weighted by atomic mass is 10.0. The third-order valence-electron chi connectivity index (χ3n) is 5.01. The van der Waals surface area contributed by atoms with Gasteiger partial charge >= 0.3 is 0 Å². The van der Waals surface area contributed by atoms with Crippen molar-refractivity contribution in [2.75, 3.05) is 6.54 Å². The molecule has 4 aromatic rings. The number of rotatable bonds is 6. The van der Waals surface area contributed by atoms with Crippen LogP contribution in [0.5, 0.6) is 0 Å². The van der Waals surface area contributed by atoms with Gasteiger partial charge in [-0.2, -0.15) is 5.10 Å². The molecule has 1 atom stereocenters. The third-order valence-corrected chi connectivity index (χ3v) is 5.01. The summed E-state index contributed by atoms with van der Waals surface area (Å²) in [5.41, 5.74) is 3.34. The van der Waals surface area contributed by atoms with E-state index in [1.54, 1.807) is 0 Å². The van der Waals surface area contributed by atoms with Crippen LogP contribution in [0.3, 0.4) is 0 Å². The molecule has 1 heterocycles. The van der Waals surface area contributed by atoms with Crippen LogP contribution < -0.4 is 10.6 Å². The Labute approximate surface area is 176 Å². The summed E-state index contributed by atoms with van der Waals surface area (Å²) in [6.07, 6.45) is 1.52. The summed E-state index contributed by atoms with van der Waals surface area (Å²) in [5.74, 6) is 1.55. The Balaban J connectivity index is 1.49. The zero-order chi connectivity index (χ0) is 20.8. The molecule has 30 heavy (non-hydrogen) atoms. The minimum Gasteiger partial charge on any atom is -0.357 e. The second-order valence-electron chi connectivity index (χ2n) is 7.20. The van der Waals surface area contributed by atoms with Crippen molar-refractivity contribution in [3.05, 3.63) is 84.2 Å². The maximum absolute atomic E-state index is 4.78. The largest absolute Gasteiger partial charge is 0.357 e. The monoisotopic (exact) mass is 398 g/mol. The van der Waals surface area contributed by atoms with Gasteiger partial charge in [-0.05, 0) is 47.9 Å². The molecule has 0 spiro atoms. The van der Waals surface area contributed by atoms with E-state index in [2.05, 4.69) is 94.3 Å². The number of guanidine groups is 1. The first-order valence-electron chi connectivity index (χ1n) is 10.2. The first kappa shape index (κ1) is 19.6. The first-order valence-corrected chi connectivity index (χ1v) is 10.2. The summed E-state index contributed by atoms with van der Waals surface area (Å²) in [4.78, 5) is 9.00. The van der Waals surface area contributed by atoms with E-state index in [-0.39, 0.29) is 6.04 Å². The van der Waals surface area contributed by atoms with Crippen LogP contribution >= 0.6 is 0 Å². The first-order chi connectivity index (χ1) is 14.7. The van der Waals surface area contributed by atoms with Crippen LogP contribution in [0.4, 0.5) is 0 Å². The van der Waals surface area contributed by atoms with Gasteiger partial charge < -0.3 is 10.6 Å². The van der Waals surface area contributed by atoms with Crippen molar-refractivity contribution < 1.29 is 0 Å². The van der Waals surface area contributed by atoms with Crippen LogP contribution in [0.2, 0.25) is 0 Å². The number of nitrogens with one attached hydrogen (secondary N) is 3. The molecule has 3 aromatic carbocycles. The van der Waals surface area contributed by atoms with E-state index in [0.717, 1.165) is 29.5 Å². The van der Waals surface area contributed by atoms with Gasteiger partial charge in [-0.3, -0.25) is 5.10 Å². The maximum Gasteiger partial charge on any atom is 0.192 e. The molecule has 0 fully saturated rings. The molecule has 0 aliphatic heterocycles. The van der Waals surface area contributed by atoms with Gasteiger partial charge in [0.2, 0.25) is 0 Å². The summed E-state index contributed by atoms with van der Waals surface area (Å²) in [6, 6.07) is 23.3. The summed E-state index contributed by atoms with van der Waals surface area (Å²) < 4.78 is 0. The molecule has 4 rings (SSSR count). The Morgan fingerprint density at radius 1 is 1.03 bits per heavy atom. The zero-order valence-electron chi connectivity index (χ0n) is 17.3. The smallest absolute Gasteiger partial charge is 0.192 e. The fourth-order valence-electron chi connectivity index (χ4n) is 3.42. The highest BCUT2D eigenvalue weighted by Crippen LogP contribution is 2.20. The second kappa shape index (κ2) is 9.22. The Hall–Kier alpha value is -3.67. The van der Waals surface area contributed by atoms with Crippen molar-refractivity contribution in [1.29, 1.82) is 0 Å². The number of fused-ring (bicyclic) bond motifs is 1. The van der Waals surface area contributed by atoms with Gasteiger partial charge in [0.25, 0.3) is 0 Å². The predicted molar refractivity (Wildman–Crippen MR) is 122 cm³/mol. The molecule has 0 saturated heterocycles. The average Bonchev–Trinajstić information content (AvgIpc) is 3.32. The van der Waals surface area contributed by atoms with Gasteiger partial charge in [-0.25, -0.2) is 9.98 Å². The molecule has 152 valence electrons. The van der Waals surface area contributed by atoms with Crippen molar-refractivity contribution >= 4 is 16.7 Å². The number of aliphatic imine (C=N–C) groups is 1. The number of aromatic nitrogens is 3. The maximum atomic E-state index is 4.78. The fourth-order valence-corrected chi connectivity index (χ4v) is 3.42. The summed E-state index contributed by atoms with van der Waals surface area (Å²) in [6.45, 7) is 5.60. The minimum absolute atomic E-state index is 0.132. The molecule has 1 unspecified atom stereocenters. The van der Waals surface area contributed by atoms with Crippen molar-refractivity contribution in [3.8, 4) is 11.4 Å². The topological polar surface area (TPSA) is 78.0 Å². The van der Waals surface area contributed by atoms with Crippen molar-refractivity contribution in [1.82, 2.24) is 25.8 Å². The Bertz CT molecular complexity index is 1130. The number of nitrogens with zero attached hydrogens (tertiary/aromatic N) is 3. The Kier molecular flexibility index (Phi) is 6.03. The molecule has 0 radical (unpaired) electrons. The van der Waals surface area contributed by atoms with Gasteiger partial charge in [0.15, 0.2) is 11.8 Å². The van der Waals surface area contributed by atoms with Crippen LogP contribution in [-0.4, -0.2) is 27.7 Å². The lowest BCUT2D eigenvalue weighted by Gasteiger charge is -2.19. The number of benzene rings is 3. The van der Waals surface area contributed by atoms with E-state index in [1.165, 1.54) is 22.7 Å². The van der Waals surface area contributed by atoms with Crippen molar-refractivity contribution in [2.24, 2.45) is 4.99 Å². The lowest BCUT2D eigenvalue weighted by Crippen LogP contribution is -2.38. The molecule has 1 aromatic heterocycles. The second-order valence-corrected chi connectivity index (χ2v) is 7.20. The van der Waals surface area contributed by atoms with Crippen LogP contribution in [0.15, 0.2) is 78.0 Å². The molecule has 0 aliphatic carbocycles. The molecule has 0 bridgehead atoms. The van der Waals surface area contributed by atoms with Crippen LogP contribution in [0.25, 0.3) is 22.2 Å². The minimum atomic E-state index is 0.132. The van der Waals surface area contributed by atoms with Gasteiger partial charge in [-0.1, -0.05) is 54.6 Å². The number of hydrogen-bond acceptors (Lipinski definition) is 3. The standard InChI is InChI=1S/C24H26N6/c1-3-25-24(26-15-18-7-6-10-22(13-18)23-27-16-28-30-23)29-17(2)20-12-11-19-8-4-5-9-21(19)14-20/h4-14,16-17H,3,15H2,1-2H3,(H2,25,26,29)(H,27,28,30). The highest BCUT2D eigenvalue weighted by molar-refractivity contribution is 5.84. The molecule has 3 N–H and O–H groups in total. The van der Waals surface area contributed by atoms with Crippen LogP contribution in [0.1, 0.15) is 31.0 Å². The summed E-state index contributed by atoms with van der Waals surface area (Å²) in [7, 11) is 0. The van der Waals surface area contributed by atoms with E-state index in [4.69, 9.17) is 4.99 Å². The fraction of sp³-hybridized carbons (Fsp3) is 0.208. The van der Waals surface area contributed by atoms with E-state index in [0.29, 0.717) is 6.54 Å². The molecular weight excluding hydrogens is 372 g/mol. The van der Waals surface area contributed by atoms with Gasteiger partial charge in [0, 0.05) is 12.1 Å². The SMILES string of the molecule is CCNC(=NCc1cccc(-c2ncn[nH]2)c1)NC(C)c1ccc2ccccc2c1. The Morgan fingerprint density at radius 3 is 2.70 bits per heavy atom. The highest BCUT2D eigenvalue weighted by atomic mass is 15.2.